The third-order valence-electron chi connectivity index (χ3n) is 4.00. The fourth-order valence-electron chi connectivity index (χ4n) is 2.78. The molecule has 0 atom stereocenters. The molecule has 1 aromatic carbocycles. The number of fused-ring (bicyclic) bond motifs is 3. The Morgan fingerprint density at radius 2 is 1.95 bits per heavy atom. The summed E-state index contributed by atoms with van der Waals surface area (Å²) in [7, 11) is 2.09. The third-order valence-corrected chi connectivity index (χ3v) is 4.46. The molecule has 0 amide bonds. The Kier molecular flexibility index (Phi) is 3.23. The standard InChI is InChI=1S/C14H14BrFN6/c1-20-2-4-21(5-3-20)14-13-17-8-18-22(13)11-7-9(15)6-10(16)12(11)19-14/h6-8H,2-5H2,1H3. The minimum absolute atomic E-state index is 0.315. The Hall–Kier alpha value is -1.80. The smallest absolute Gasteiger partial charge is 0.199 e. The van der Waals surface area contributed by atoms with Crippen molar-refractivity contribution >= 4 is 38.4 Å². The van der Waals surface area contributed by atoms with Gasteiger partial charge in [0, 0.05) is 30.7 Å². The predicted molar refractivity (Wildman–Crippen MR) is 85.7 cm³/mol. The van der Waals surface area contributed by atoms with Crippen molar-refractivity contribution in [3.63, 3.8) is 0 Å². The van der Waals surface area contributed by atoms with E-state index in [1.54, 1.807) is 10.6 Å². The van der Waals surface area contributed by atoms with Gasteiger partial charge in [0.2, 0.25) is 0 Å². The summed E-state index contributed by atoms with van der Waals surface area (Å²) in [5.74, 6) is 0.330. The molecule has 0 bridgehead atoms. The quantitative estimate of drug-likeness (QED) is 0.660. The van der Waals surface area contributed by atoms with Crippen LogP contribution in [0.15, 0.2) is 22.9 Å². The van der Waals surface area contributed by atoms with Crippen molar-refractivity contribution in [2.45, 2.75) is 0 Å². The zero-order valence-electron chi connectivity index (χ0n) is 12.0. The number of piperazine rings is 1. The zero-order chi connectivity index (χ0) is 15.3. The molecule has 3 aromatic rings. The summed E-state index contributed by atoms with van der Waals surface area (Å²) in [6.45, 7) is 3.58. The Bertz CT molecular complexity index is 855. The molecular weight excluding hydrogens is 351 g/mol. The first-order valence-electron chi connectivity index (χ1n) is 7.05. The molecule has 0 saturated carbocycles. The van der Waals surface area contributed by atoms with Gasteiger partial charge in [-0.05, 0) is 19.2 Å². The van der Waals surface area contributed by atoms with E-state index in [9.17, 15) is 4.39 Å². The molecular formula is C14H14BrFN6. The van der Waals surface area contributed by atoms with Crippen molar-refractivity contribution in [2.24, 2.45) is 0 Å². The summed E-state index contributed by atoms with van der Waals surface area (Å²) in [5.41, 5.74) is 1.59. The van der Waals surface area contributed by atoms with Crippen molar-refractivity contribution in [1.82, 2.24) is 24.5 Å². The molecule has 1 saturated heterocycles. The number of likely N-dealkylation sites (N-methyl/N-ethyl adjacent to an activating group) is 1. The summed E-state index contributed by atoms with van der Waals surface area (Å²) < 4.78 is 16.6. The highest BCUT2D eigenvalue weighted by molar-refractivity contribution is 9.10. The summed E-state index contributed by atoms with van der Waals surface area (Å²) in [4.78, 5) is 13.3. The van der Waals surface area contributed by atoms with Crippen LogP contribution in [0.1, 0.15) is 0 Å². The Labute approximate surface area is 134 Å². The van der Waals surface area contributed by atoms with Crippen LogP contribution in [0.3, 0.4) is 0 Å². The molecule has 0 aliphatic carbocycles. The molecule has 1 fully saturated rings. The van der Waals surface area contributed by atoms with E-state index >= 15 is 0 Å². The second-order valence-electron chi connectivity index (χ2n) is 5.48. The third kappa shape index (κ3) is 2.14. The summed E-state index contributed by atoms with van der Waals surface area (Å²) in [6, 6.07) is 3.23. The molecule has 1 aliphatic heterocycles. The molecule has 4 rings (SSSR count). The van der Waals surface area contributed by atoms with Gasteiger partial charge in [0.1, 0.15) is 11.8 Å². The van der Waals surface area contributed by atoms with Gasteiger partial charge < -0.3 is 9.80 Å². The van der Waals surface area contributed by atoms with Gasteiger partial charge in [0.25, 0.3) is 0 Å². The van der Waals surface area contributed by atoms with Gasteiger partial charge in [0.05, 0.1) is 5.52 Å². The largest absolute Gasteiger partial charge is 0.351 e. The van der Waals surface area contributed by atoms with Crippen molar-refractivity contribution < 1.29 is 4.39 Å². The van der Waals surface area contributed by atoms with Crippen LogP contribution < -0.4 is 4.90 Å². The van der Waals surface area contributed by atoms with Crippen LogP contribution in [-0.4, -0.2) is 57.7 Å². The van der Waals surface area contributed by atoms with Gasteiger partial charge in [-0.3, -0.25) is 0 Å². The molecule has 0 N–H and O–H groups in total. The van der Waals surface area contributed by atoms with E-state index in [1.165, 1.54) is 12.4 Å². The predicted octanol–water partition coefficient (Wildman–Crippen LogP) is 1.93. The lowest BCUT2D eigenvalue weighted by atomic mass is 10.2. The first kappa shape index (κ1) is 13.8. The molecule has 114 valence electrons. The summed E-state index contributed by atoms with van der Waals surface area (Å²) in [6.07, 6.45) is 1.48. The van der Waals surface area contributed by atoms with E-state index in [1.807, 2.05) is 0 Å². The minimum Gasteiger partial charge on any atom is -0.351 e. The number of halogens is 2. The van der Waals surface area contributed by atoms with Crippen LogP contribution in [0.4, 0.5) is 10.2 Å². The maximum atomic E-state index is 14.3. The average molecular weight is 365 g/mol. The van der Waals surface area contributed by atoms with Crippen LogP contribution in [-0.2, 0) is 0 Å². The van der Waals surface area contributed by atoms with Crippen LogP contribution in [0, 0.1) is 5.82 Å². The Balaban J connectivity index is 1.95. The van der Waals surface area contributed by atoms with Gasteiger partial charge in [-0.15, -0.1) is 0 Å². The second-order valence-corrected chi connectivity index (χ2v) is 6.39. The maximum absolute atomic E-state index is 14.3. The highest BCUT2D eigenvalue weighted by Crippen LogP contribution is 2.27. The van der Waals surface area contributed by atoms with Gasteiger partial charge in [-0.25, -0.2) is 18.9 Å². The lowest BCUT2D eigenvalue weighted by Crippen LogP contribution is -2.45. The molecule has 0 spiro atoms. The zero-order valence-corrected chi connectivity index (χ0v) is 13.6. The van der Waals surface area contributed by atoms with E-state index in [2.05, 4.69) is 47.8 Å². The van der Waals surface area contributed by atoms with Crippen LogP contribution >= 0.6 is 15.9 Å². The van der Waals surface area contributed by atoms with Crippen LogP contribution in [0.25, 0.3) is 16.7 Å². The van der Waals surface area contributed by atoms with Crippen LogP contribution in [0.2, 0.25) is 0 Å². The number of hydrogen-bond donors (Lipinski definition) is 0. The first-order valence-corrected chi connectivity index (χ1v) is 7.85. The molecule has 3 heterocycles. The fraction of sp³-hybridized carbons (Fsp3) is 0.357. The summed E-state index contributed by atoms with van der Waals surface area (Å²) >= 11 is 3.31. The monoisotopic (exact) mass is 364 g/mol. The lowest BCUT2D eigenvalue weighted by Gasteiger charge is -2.33. The van der Waals surface area contributed by atoms with Gasteiger partial charge in [-0.1, -0.05) is 15.9 Å². The highest BCUT2D eigenvalue weighted by Gasteiger charge is 2.21. The maximum Gasteiger partial charge on any atom is 0.199 e. The topological polar surface area (TPSA) is 49.6 Å². The molecule has 6 nitrogen and oxygen atoms in total. The highest BCUT2D eigenvalue weighted by atomic mass is 79.9. The van der Waals surface area contributed by atoms with Crippen LogP contribution in [0.5, 0.6) is 0 Å². The van der Waals surface area contributed by atoms with Crippen molar-refractivity contribution in [2.75, 3.05) is 38.1 Å². The normalized spacial score (nSPS) is 16.8. The Morgan fingerprint density at radius 1 is 1.18 bits per heavy atom. The molecule has 0 radical (unpaired) electrons. The number of nitrogens with zero attached hydrogens (tertiary/aromatic N) is 6. The molecule has 0 unspecified atom stereocenters. The average Bonchev–Trinajstić information content (AvgIpc) is 2.97. The second kappa shape index (κ2) is 5.13. The van der Waals surface area contributed by atoms with E-state index in [0.717, 1.165) is 26.2 Å². The van der Waals surface area contributed by atoms with Gasteiger partial charge in [-0.2, -0.15) is 5.10 Å². The molecule has 22 heavy (non-hydrogen) atoms. The van der Waals surface area contributed by atoms with E-state index in [4.69, 9.17) is 0 Å². The number of benzene rings is 1. The molecule has 8 heteroatoms. The van der Waals surface area contributed by atoms with Crippen molar-refractivity contribution in [3.05, 3.63) is 28.7 Å². The molecule has 2 aromatic heterocycles. The van der Waals surface area contributed by atoms with E-state index < -0.39 is 0 Å². The van der Waals surface area contributed by atoms with Gasteiger partial charge >= 0.3 is 0 Å². The van der Waals surface area contributed by atoms with Crippen molar-refractivity contribution in [1.29, 1.82) is 0 Å². The lowest BCUT2D eigenvalue weighted by molar-refractivity contribution is 0.312. The SMILES string of the molecule is CN1CCN(c2nc3c(F)cc(Br)cc3n3ncnc23)CC1. The number of aromatic nitrogens is 4. The minimum atomic E-state index is -0.364. The van der Waals surface area contributed by atoms with Crippen molar-refractivity contribution in [3.8, 4) is 0 Å². The fourth-order valence-corrected chi connectivity index (χ4v) is 3.20. The summed E-state index contributed by atoms with van der Waals surface area (Å²) in [5, 5.41) is 4.24. The number of rotatable bonds is 1. The van der Waals surface area contributed by atoms with E-state index in [-0.39, 0.29) is 5.82 Å². The first-order chi connectivity index (χ1) is 10.6. The number of anilines is 1. The van der Waals surface area contributed by atoms with E-state index in [0.29, 0.717) is 27.0 Å². The Morgan fingerprint density at radius 3 is 2.73 bits per heavy atom. The van der Waals surface area contributed by atoms with Gasteiger partial charge in [0.15, 0.2) is 17.3 Å². The number of hydrogen-bond acceptors (Lipinski definition) is 5. The molecule has 1 aliphatic rings.